The normalized spacial score (nSPS) is 24.3. The number of aliphatic hydroxyl groups is 1. The van der Waals surface area contributed by atoms with Crippen molar-refractivity contribution in [3.8, 4) is 28.7 Å². The van der Waals surface area contributed by atoms with Gasteiger partial charge >= 0.3 is 0 Å². The van der Waals surface area contributed by atoms with Gasteiger partial charge in [0.15, 0.2) is 23.0 Å². The van der Waals surface area contributed by atoms with Gasteiger partial charge in [-0.2, -0.15) is 0 Å². The molecule has 2 aromatic rings. The second kappa shape index (κ2) is 8.04. The molecule has 0 radical (unpaired) electrons. The van der Waals surface area contributed by atoms with Gasteiger partial charge < -0.3 is 38.7 Å². The lowest BCUT2D eigenvalue weighted by molar-refractivity contribution is -0.117. The SMILES string of the molecule is COC[C@H]1C(C=O)C(c2cc(OC)c(O)c(OC)c2)c2cc3c(cc2[C@H]1O)OCO3. The molecule has 8 nitrogen and oxygen atoms in total. The number of ether oxygens (including phenoxy) is 5. The van der Waals surface area contributed by atoms with Gasteiger partial charge in [-0.25, -0.2) is 0 Å². The van der Waals surface area contributed by atoms with Crippen LogP contribution in [0.15, 0.2) is 24.3 Å². The lowest BCUT2D eigenvalue weighted by Crippen LogP contribution is -2.37. The van der Waals surface area contributed by atoms with E-state index in [-0.39, 0.29) is 30.6 Å². The Kier molecular flexibility index (Phi) is 5.44. The Morgan fingerprint density at radius 2 is 1.63 bits per heavy atom. The van der Waals surface area contributed by atoms with E-state index < -0.39 is 23.9 Å². The molecule has 0 aromatic heterocycles. The Labute approximate surface area is 173 Å². The molecule has 0 saturated carbocycles. The molecule has 1 aliphatic heterocycles. The number of carbonyl (C=O) groups is 1. The average Bonchev–Trinajstić information content (AvgIpc) is 3.22. The smallest absolute Gasteiger partial charge is 0.231 e. The molecule has 8 heteroatoms. The standard InChI is InChI=1S/C22H24O8/c1-26-9-15-14(8-23)20(11-4-18(27-2)22(25)19(5-11)28-3)12-6-16-17(30-10-29-16)7-13(12)21(15)24/h4-8,14-15,20-21,24-25H,9-10H2,1-3H3/t14?,15-,20?,21+/m0/s1. The van der Waals surface area contributed by atoms with Gasteiger partial charge in [-0.05, 0) is 41.0 Å². The Bertz CT molecular complexity index is 931. The van der Waals surface area contributed by atoms with Crippen LogP contribution >= 0.6 is 0 Å². The Morgan fingerprint density at radius 3 is 2.17 bits per heavy atom. The highest BCUT2D eigenvalue weighted by Crippen LogP contribution is 2.53. The fourth-order valence-corrected chi connectivity index (χ4v) is 4.46. The van der Waals surface area contributed by atoms with Gasteiger partial charge in [-0.1, -0.05) is 0 Å². The zero-order valence-electron chi connectivity index (χ0n) is 17.0. The minimum Gasteiger partial charge on any atom is -0.502 e. The number of benzene rings is 2. The first-order chi connectivity index (χ1) is 14.5. The Hall–Kier alpha value is -2.97. The van der Waals surface area contributed by atoms with Crippen LogP contribution in [0.2, 0.25) is 0 Å². The maximum atomic E-state index is 12.3. The summed E-state index contributed by atoms with van der Waals surface area (Å²) >= 11 is 0. The van der Waals surface area contributed by atoms with Crippen LogP contribution in [0.1, 0.15) is 28.7 Å². The van der Waals surface area contributed by atoms with Crippen LogP contribution in [-0.2, 0) is 9.53 Å². The summed E-state index contributed by atoms with van der Waals surface area (Å²) in [6.07, 6.45) is -0.0708. The van der Waals surface area contributed by atoms with Crippen LogP contribution in [-0.4, -0.2) is 51.2 Å². The number of fused-ring (bicyclic) bond motifs is 2. The van der Waals surface area contributed by atoms with E-state index in [1.807, 2.05) is 0 Å². The maximum Gasteiger partial charge on any atom is 0.231 e. The number of aromatic hydroxyl groups is 1. The fourth-order valence-electron chi connectivity index (χ4n) is 4.46. The van der Waals surface area contributed by atoms with E-state index in [2.05, 4.69) is 0 Å². The van der Waals surface area contributed by atoms with E-state index in [0.717, 1.165) is 11.8 Å². The molecule has 0 bridgehead atoms. The van der Waals surface area contributed by atoms with Crippen molar-refractivity contribution in [1.29, 1.82) is 0 Å². The highest BCUT2D eigenvalue weighted by molar-refractivity contribution is 5.65. The minimum absolute atomic E-state index is 0.0957. The molecule has 0 fully saturated rings. The molecular weight excluding hydrogens is 392 g/mol. The van der Waals surface area contributed by atoms with E-state index in [1.165, 1.54) is 21.3 Å². The summed E-state index contributed by atoms with van der Waals surface area (Å²) in [5.74, 6) is -0.0773. The summed E-state index contributed by atoms with van der Waals surface area (Å²) in [6.45, 7) is 0.291. The van der Waals surface area contributed by atoms with Crippen molar-refractivity contribution < 1.29 is 38.7 Å². The van der Waals surface area contributed by atoms with Crippen molar-refractivity contribution in [3.05, 3.63) is 41.0 Å². The van der Waals surface area contributed by atoms with Crippen LogP contribution in [0.5, 0.6) is 28.7 Å². The summed E-state index contributed by atoms with van der Waals surface area (Å²) in [5, 5.41) is 21.4. The Morgan fingerprint density at radius 1 is 1.03 bits per heavy atom. The number of aldehydes is 1. The molecule has 0 amide bonds. The third-order valence-electron chi connectivity index (χ3n) is 5.89. The van der Waals surface area contributed by atoms with E-state index in [9.17, 15) is 15.0 Å². The highest BCUT2D eigenvalue weighted by atomic mass is 16.7. The van der Waals surface area contributed by atoms with Crippen molar-refractivity contribution in [2.45, 2.75) is 12.0 Å². The summed E-state index contributed by atoms with van der Waals surface area (Å²) in [5.41, 5.74) is 2.09. The van der Waals surface area contributed by atoms with Crippen molar-refractivity contribution in [3.63, 3.8) is 0 Å². The van der Waals surface area contributed by atoms with Crippen molar-refractivity contribution in [1.82, 2.24) is 0 Å². The van der Waals surface area contributed by atoms with Gasteiger partial charge in [-0.15, -0.1) is 0 Å². The molecular formula is C22H24O8. The third kappa shape index (κ3) is 3.12. The van der Waals surface area contributed by atoms with Crippen LogP contribution in [0, 0.1) is 11.8 Å². The molecule has 2 aromatic carbocycles. The van der Waals surface area contributed by atoms with Gasteiger partial charge in [0, 0.05) is 24.9 Å². The molecule has 0 spiro atoms. The molecule has 4 rings (SSSR count). The first-order valence-electron chi connectivity index (χ1n) is 9.54. The zero-order valence-corrected chi connectivity index (χ0v) is 17.0. The topological polar surface area (TPSA) is 104 Å². The van der Waals surface area contributed by atoms with E-state index in [0.29, 0.717) is 22.6 Å². The number of carbonyl (C=O) groups excluding carboxylic acids is 1. The Balaban J connectivity index is 1.95. The van der Waals surface area contributed by atoms with Crippen LogP contribution in [0.3, 0.4) is 0 Å². The number of aliphatic hydroxyl groups excluding tert-OH is 1. The average molecular weight is 416 g/mol. The van der Waals surface area contributed by atoms with Crippen molar-refractivity contribution in [2.75, 3.05) is 34.7 Å². The lowest BCUT2D eigenvalue weighted by Gasteiger charge is -2.40. The molecule has 2 aliphatic rings. The van der Waals surface area contributed by atoms with Crippen LogP contribution < -0.4 is 18.9 Å². The van der Waals surface area contributed by atoms with Gasteiger partial charge in [0.2, 0.25) is 12.5 Å². The summed E-state index contributed by atoms with van der Waals surface area (Å²) in [7, 11) is 4.42. The van der Waals surface area contributed by atoms with Gasteiger partial charge in [-0.3, -0.25) is 0 Å². The number of phenolic OH excluding ortho intramolecular Hbond substituents is 1. The predicted octanol–water partition coefficient (Wildman–Crippen LogP) is 2.39. The van der Waals surface area contributed by atoms with Crippen molar-refractivity contribution in [2.24, 2.45) is 11.8 Å². The lowest BCUT2D eigenvalue weighted by atomic mass is 9.65. The summed E-state index contributed by atoms with van der Waals surface area (Å²) in [6, 6.07) is 6.91. The number of hydrogen-bond acceptors (Lipinski definition) is 8. The van der Waals surface area contributed by atoms with E-state index in [4.69, 9.17) is 23.7 Å². The largest absolute Gasteiger partial charge is 0.502 e. The number of phenols is 1. The molecule has 30 heavy (non-hydrogen) atoms. The van der Waals surface area contributed by atoms with Gasteiger partial charge in [0.25, 0.3) is 0 Å². The quantitative estimate of drug-likeness (QED) is 0.692. The number of rotatable bonds is 6. The van der Waals surface area contributed by atoms with Gasteiger partial charge in [0.1, 0.15) is 6.29 Å². The minimum atomic E-state index is -0.915. The number of hydrogen-bond donors (Lipinski definition) is 2. The second-order valence-corrected chi connectivity index (χ2v) is 7.36. The fraction of sp³-hybridized carbons (Fsp3) is 0.409. The molecule has 2 N–H and O–H groups in total. The second-order valence-electron chi connectivity index (χ2n) is 7.36. The number of methoxy groups -OCH3 is 3. The molecule has 0 saturated heterocycles. The van der Waals surface area contributed by atoms with Crippen molar-refractivity contribution >= 4 is 6.29 Å². The molecule has 1 heterocycles. The van der Waals surface area contributed by atoms with E-state index in [1.54, 1.807) is 24.3 Å². The summed E-state index contributed by atoms with van der Waals surface area (Å²) < 4.78 is 27.0. The molecule has 2 unspecified atom stereocenters. The zero-order chi connectivity index (χ0) is 21.4. The first kappa shape index (κ1) is 20.3. The summed E-state index contributed by atoms with van der Waals surface area (Å²) in [4.78, 5) is 12.3. The van der Waals surface area contributed by atoms with Crippen LogP contribution in [0.4, 0.5) is 0 Å². The first-order valence-corrected chi connectivity index (χ1v) is 9.54. The molecule has 4 atom stereocenters. The third-order valence-corrected chi connectivity index (χ3v) is 5.89. The van der Waals surface area contributed by atoms with Gasteiger partial charge in [0.05, 0.1) is 26.9 Å². The van der Waals surface area contributed by atoms with Crippen LogP contribution in [0.25, 0.3) is 0 Å². The predicted molar refractivity (Wildman–Crippen MR) is 105 cm³/mol. The highest BCUT2D eigenvalue weighted by Gasteiger charge is 2.44. The molecule has 160 valence electrons. The maximum absolute atomic E-state index is 12.3. The molecule has 1 aliphatic carbocycles. The van der Waals surface area contributed by atoms with E-state index >= 15 is 0 Å². The monoisotopic (exact) mass is 416 g/mol.